The Morgan fingerprint density at radius 2 is 1.10 bits per heavy atom. The van der Waals surface area contributed by atoms with Crippen LogP contribution in [-0.2, 0) is 8.37 Å². The molecule has 6 nitrogen and oxygen atoms in total. The van der Waals surface area contributed by atoms with Gasteiger partial charge >= 0.3 is 69.6 Å². The Bertz CT molecular complexity index is 89.7. The second kappa shape index (κ2) is 13.4. The number of hydrogen-bond acceptors (Lipinski definition) is 6. The normalized spacial score (nSPS) is 6.70. The van der Waals surface area contributed by atoms with Gasteiger partial charge in [0.1, 0.15) is 0 Å². The van der Waals surface area contributed by atoms with Gasteiger partial charge in [-0.15, -0.1) is 0 Å². The van der Waals surface area contributed by atoms with Crippen molar-refractivity contribution in [2.24, 2.45) is 0 Å². The van der Waals surface area contributed by atoms with Crippen molar-refractivity contribution in [3.63, 3.8) is 0 Å². The van der Waals surface area contributed by atoms with Crippen molar-refractivity contribution in [3.8, 4) is 0 Å². The maximum atomic E-state index is 8.55. The quantitative estimate of drug-likeness (QED) is 0.285. The second-order valence-electron chi connectivity index (χ2n) is 0.543. The van der Waals surface area contributed by atoms with Gasteiger partial charge in [-0.25, -0.2) is 0 Å². The summed E-state index contributed by atoms with van der Waals surface area (Å²) in [6.45, 7) is 0. The molecule has 0 heterocycles. The van der Waals surface area contributed by atoms with Gasteiger partial charge in [-0.3, -0.25) is 0 Å². The summed E-state index contributed by atoms with van der Waals surface area (Å²) in [5, 5.41) is 0. The molecule has 0 aliphatic rings. The first-order valence-electron chi connectivity index (χ1n) is 1.20. The Hall–Kier alpha value is 1.77. The molecule has 10 heavy (non-hydrogen) atoms. The molecular weight excluding hydrogens is 203 g/mol. The van der Waals surface area contributed by atoms with Gasteiger partial charge in [-0.05, 0) is 0 Å². The average molecular weight is 203 g/mol. The van der Waals surface area contributed by atoms with Crippen molar-refractivity contribution in [1.29, 1.82) is 0 Å². The van der Waals surface area contributed by atoms with E-state index in [1.165, 1.54) is 0 Å². The van der Waals surface area contributed by atoms with Crippen LogP contribution in [0.4, 0.5) is 0 Å². The Labute approximate surface area is 95.8 Å². The van der Waals surface area contributed by atoms with Crippen molar-refractivity contribution in [3.05, 3.63) is 0 Å². The molecule has 0 aromatic carbocycles. The summed E-state index contributed by atoms with van der Waals surface area (Å²) in [5.41, 5.74) is 0. The first-order valence-corrected chi connectivity index (χ1v) is 3.61. The van der Waals surface area contributed by atoms with Crippen LogP contribution in [0.2, 0.25) is 0 Å². The average Bonchev–Trinajstić information content (AvgIpc) is 1.27. The van der Waals surface area contributed by atoms with Gasteiger partial charge in [0.05, 0.1) is 0 Å². The summed E-state index contributed by atoms with van der Waals surface area (Å²) < 4.78 is 25.5. The van der Waals surface area contributed by atoms with Crippen molar-refractivity contribution in [1.82, 2.24) is 0 Å². The fraction of sp³-hybridized carbons (Fsp3) is 0. The van der Waals surface area contributed by atoms with E-state index in [9.17, 15) is 0 Å². The maximum absolute atomic E-state index is 8.55. The summed E-state index contributed by atoms with van der Waals surface area (Å²) in [4.78, 5) is 25.6. The van der Waals surface area contributed by atoms with Crippen LogP contribution in [0.1, 0.15) is 0 Å². The van der Waals surface area contributed by atoms with E-state index in [1.807, 2.05) is 0 Å². The van der Waals surface area contributed by atoms with E-state index in [-0.39, 0.29) is 46.1 Å². The molecule has 48 valence electrons. The molecule has 0 atom stereocenters. The van der Waals surface area contributed by atoms with E-state index >= 15 is 0 Å². The molecule has 0 saturated carbocycles. The first-order chi connectivity index (χ1) is 3.41. The third kappa shape index (κ3) is 239. The van der Waals surface area contributed by atoms with Crippen LogP contribution in [0.5, 0.6) is 0 Å². The molecule has 10 heteroatoms. The van der Waals surface area contributed by atoms with Crippen LogP contribution >= 0.6 is 7.82 Å². The molecule has 0 amide bonds. The molecule has 0 rings (SSSR count). The van der Waals surface area contributed by atoms with Crippen LogP contribution in [-0.4, -0.2) is 61.6 Å². The van der Waals surface area contributed by atoms with Crippen molar-refractivity contribution in [2.75, 3.05) is 0 Å². The van der Waals surface area contributed by atoms with Gasteiger partial charge in [-0.1, -0.05) is 0 Å². The molecule has 0 aromatic rings. The zero-order valence-corrected chi connectivity index (χ0v) is 9.77. The summed E-state index contributed by atoms with van der Waals surface area (Å²) >= 11 is -1.75. The third-order valence-electron chi connectivity index (χ3n) is 0. The van der Waals surface area contributed by atoms with E-state index < -0.39 is 23.3 Å². The van der Waals surface area contributed by atoms with E-state index in [0.29, 0.717) is 0 Å². The zero-order valence-electron chi connectivity index (χ0n) is 4.89. The summed E-state index contributed by atoms with van der Waals surface area (Å²) in [6.07, 6.45) is 0. The van der Waals surface area contributed by atoms with Crippen LogP contribution in [0, 0.1) is 0 Å². The van der Waals surface area contributed by atoms with Crippen LogP contribution in [0.25, 0.3) is 0 Å². The predicted molar refractivity (Wildman–Crippen MR) is 25.6 cm³/mol. The monoisotopic (exact) mass is 202 g/mol. The Morgan fingerprint density at radius 3 is 1.10 bits per heavy atom. The predicted octanol–water partition coefficient (Wildman–Crippen LogP) is -5.27. The van der Waals surface area contributed by atoms with Gasteiger partial charge in [0.2, 0.25) is 0 Å². The molecule has 0 spiro atoms. The molecule has 0 aliphatic carbocycles. The van der Waals surface area contributed by atoms with Crippen molar-refractivity contribution in [2.45, 2.75) is 0 Å². The van der Waals surface area contributed by atoms with Gasteiger partial charge in [0, 0.05) is 0 Å². The molecule has 0 N–H and O–H groups in total. The number of phosphoric acid groups is 1. The van der Waals surface area contributed by atoms with Crippen LogP contribution in [0.15, 0.2) is 0 Å². The molecule has 0 fully saturated rings. The second-order valence-corrected chi connectivity index (χ2v) is 1.63. The van der Waals surface area contributed by atoms with Gasteiger partial charge < -0.3 is 19.2 Å². The molecule has 0 saturated heterocycles. The molecule has 0 bridgehead atoms. The Balaban J connectivity index is -0.0000000326. The first kappa shape index (κ1) is 22.6. The van der Waals surface area contributed by atoms with E-state index in [2.05, 4.69) is 0 Å². The molecular formula is AlMg2O6P. The Morgan fingerprint density at radius 1 is 1.10 bits per heavy atom. The summed E-state index contributed by atoms with van der Waals surface area (Å²) in [6, 6.07) is 0. The van der Waals surface area contributed by atoms with Gasteiger partial charge in [0.15, 0.2) is 0 Å². The zero-order chi connectivity index (χ0) is 7.21. The fourth-order valence-electron chi connectivity index (χ4n) is 0. The minimum atomic E-state index is -5.39. The number of rotatable bonds is 0. The SMILES string of the molecule is O=P([O-])([O-])[O-].[Mg+2].[Mg+2].[O]=[Al][O-]. The van der Waals surface area contributed by atoms with Crippen molar-refractivity contribution < 1.29 is 27.2 Å². The number of hydrogen-bond donors (Lipinski definition) is 0. The van der Waals surface area contributed by atoms with E-state index in [4.69, 9.17) is 27.2 Å². The van der Waals surface area contributed by atoms with E-state index in [1.54, 1.807) is 0 Å². The van der Waals surface area contributed by atoms with Crippen molar-refractivity contribution >= 4 is 69.4 Å². The van der Waals surface area contributed by atoms with E-state index in [0.717, 1.165) is 0 Å². The summed E-state index contributed by atoms with van der Waals surface area (Å²) in [5.74, 6) is 0. The minimum absolute atomic E-state index is 0. The standard InChI is InChI=1S/Al.2Mg.H3O4P.2O/c;;;1-5(2,3)4;;/h;;;(H3,1,2,3,4);;/q;2*+2;;;-1/p-3. The topological polar surface area (TPSA) is 126 Å². The third-order valence-corrected chi connectivity index (χ3v) is 0. The molecule has 0 unspecified atom stereocenters. The van der Waals surface area contributed by atoms with Gasteiger partial charge in [-0.2, -0.15) is 7.82 Å². The molecule has 0 aliphatic heterocycles. The molecule has 0 radical (unpaired) electrons. The molecule has 0 aromatic heterocycles. The van der Waals surface area contributed by atoms with Gasteiger partial charge in [0.25, 0.3) is 0 Å². The van der Waals surface area contributed by atoms with Crippen LogP contribution in [0.3, 0.4) is 0 Å². The Kier molecular flexibility index (Phi) is 30.2. The summed E-state index contributed by atoms with van der Waals surface area (Å²) in [7, 11) is -5.39. The van der Waals surface area contributed by atoms with Crippen LogP contribution < -0.4 is 18.8 Å². The fourth-order valence-corrected chi connectivity index (χ4v) is 0.